The maximum atomic E-state index is 11.5. The third-order valence-corrected chi connectivity index (χ3v) is 6.93. The number of H-pyrrole nitrogens is 1. The molecule has 0 amide bonds. The first kappa shape index (κ1) is 27.2. The highest BCUT2D eigenvalue weighted by atomic mass is 16.5. The molecule has 0 saturated heterocycles. The van der Waals surface area contributed by atoms with E-state index in [-0.39, 0.29) is 11.7 Å². The van der Waals surface area contributed by atoms with Crippen molar-refractivity contribution in [2.45, 2.75) is 72.8 Å². The molecule has 5 aromatic rings. The van der Waals surface area contributed by atoms with Gasteiger partial charge in [0, 0.05) is 66.6 Å². The van der Waals surface area contributed by atoms with Gasteiger partial charge in [0.25, 0.3) is 0 Å². The van der Waals surface area contributed by atoms with Gasteiger partial charge in [-0.25, -0.2) is 9.97 Å². The summed E-state index contributed by atoms with van der Waals surface area (Å²) < 4.78 is 7.53. The van der Waals surface area contributed by atoms with Gasteiger partial charge in [0.15, 0.2) is 0 Å². The lowest BCUT2D eigenvalue weighted by atomic mass is 9.94. The van der Waals surface area contributed by atoms with E-state index in [9.17, 15) is 4.79 Å². The quantitative estimate of drug-likeness (QED) is 0.223. The van der Waals surface area contributed by atoms with Gasteiger partial charge in [0.05, 0.1) is 11.7 Å². The number of rotatable bonds is 10. The third kappa shape index (κ3) is 6.15. The topological polar surface area (TPSA) is 115 Å². The molecule has 5 rings (SSSR count). The number of Topliss-reactive ketones (excluding diaryl/α,β-unsaturated/α-hetero) is 1. The number of aromatic nitrogens is 7. The van der Waals surface area contributed by atoms with E-state index in [1.54, 1.807) is 18.6 Å². The van der Waals surface area contributed by atoms with Crippen molar-refractivity contribution in [2.75, 3.05) is 0 Å². The van der Waals surface area contributed by atoms with E-state index >= 15 is 0 Å². The highest BCUT2D eigenvalue weighted by molar-refractivity contribution is 6.02. The third-order valence-electron chi connectivity index (χ3n) is 6.93. The summed E-state index contributed by atoms with van der Waals surface area (Å²) in [7, 11) is 0. The molecule has 0 aliphatic rings. The van der Waals surface area contributed by atoms with E-state index in [1.807, 2.05) is 26.2 Å². The average Bonchev–Trinajstić information content (AvgIpc) is 3.68. The molecule has 200 valence electrons. The summed E-state index contributed by atoms with van der Waals surface area (Å²) >= 11 is 0. The van der Waals surface area contributed by atoms with Crippen molar-refractivity contribution in [1.29, 1.82) is 0 Å². The molecule has 2 unspecified atom stereocenters. The van der Waals surface area contributed by atoms with E-state index < -0.39 is 0 Å². The van der Waals surface area contributed by atoms with Crippen molar-refractivity contribution >= 4 is 27.7 Å². The molecule has 0 aromatic carbocycles. The summed E-state index contributed by atoms with van der Waals surface area (Å²) in [6.07, 6.45) is 15.5. The van der Waals surface area contributed by atoms with Gasteiger partial charge in [0.1, 0.15) is 17.1 Å². The summed E-state index contributed by atoms with van der Waals surface area (Å²) in [6.45, 7) is 10.7. The van der Waals surface area contributed by atoms with Crippen LogP contribution in [0.3, 0.4) is 0 Å². The molecule has 0 aliphatic carbocycles. The van der Waals surface area contributed by atoms with Crippen LogP contribution < -0.4 is 0 Å². The number of hydrogen-bond donors (Lipinski definition) is 1. The number of ketones is 1. The smallest absolute Gasteiger partial charge is 0.227 e. The number of aromatic amines is 1. The fraction of sp³-hybridized carbons (Fsp3) is 0.448. The highest BCUT2D eigenvalue weighted by Gasteiger charge is 2.19. The van der Waals surface area contributed by atoms with Crippen molar-refractivity contribution in [1.82, 2.24) is 34.6 Å². The number of fused-ring (bicyclic) bond motifs is 3. The van der Waals surface area contributed by atoms with Gasteiger partial charge in [-0.15, -0.1) is 0 Å². The number of carbonyl (C=O) groups is 1. The largest absolute Gasteiger partial charge is 0.346 e. The van der Waals surface area contributed by atoms with Gasteiger partial charge in [-0.1, -0.05) is 46.2 Å². The van der Waals surface area contributed by atoms with E-state index in [1.165, 1.54) is 35.6 Å². The van der Waals surface area contributed by atoms with Crippen LogP contribution in [0.25, 0.3) is 33.5 Å². The standard InChI is InChI=1S/C17H23N3.C12H14N4O2/c1-4-6-12(3)15(5-2)20-10-8-13-11-19-17-14(16(13)20)7-9-18-17;1-8(2)10(17)3-4-11-15-12(16-18-11)9-7-13-5-6-14-9/h7-12,15H,4-6H2,1-3H3,(H,18,19);5-8H,3-4H2,1-2H3. The summed E-state index contributed by atoms with van der Waals surface area (Å²) in [5, 5.41) is 6.28. The molecule has 9 nitrogen and oxygen atoms in total. The second kappa shape index (κ2) is 12.6. The second-order valence-corrected chi connectivity index (χ2v) is 9.99. The zero-order valence-electron chi connectivity index (χ0n) is 22.9. The Hall–Kier alpha value is -3.88. The molecule has 9 heteroatoms. The number of carbonyl (C=O) groups excluding carboxylic acids is 1. The van der Waals surface area contributed by atoms with E-state index in [0.717, 1.165) is 5.65 Å². The lowest BCUT2D eigenvalue weighted by Gasteiger charge is -2.25. The summed E-state index contributed by atoms with van der Waals surface area (Å²) in [5.74, 6) is 1.77. The minimum atomic E-state index is 0.0346. The summed E-state index contributed by atoms with van der Waals surface area (Å²) in [6, 6.07) is 4.89. The minimum absolute atomic E-state index is 0.0346. The number of nitrogens with zero attached hydrogens (tertiary/aromatic N) is 6. The van der Waals surface area contributed by atoms with Crippen LogP contribution in [0, 0.1) is 11.8 Å². The summed E-state index contributed by atoms with van der Waals surface area (Å²) in [5.41, 5.74) is 2.86. The molecule has 0 saturated carbocycles. The molecule has 0 fully saturated rings. The van der Waals surface area contributed by atoms with E-state index in [0.29, 0.717) is 42.2 Å². The van der Waals surface area contributed by atoms with Gasteiger partial charge < -0.3 is 14.1 Å². The lowest BCUT2D eigenvalue weighted by molar-refractivity contribution is -0.121. The lowest BCUT2D eigenvalue weighted by Crippen LogP contribution is -2.15. The zero-order valence-corrected chi connectivity index (χ0v) is 22.9. The van der Waals surface area contributed by atoms with Crippen LogP contribution in [-0.2, 0) is 11.2 Å². The van der Waals surface area contributed by atoms with Crippen LogP contribution in [0.15, 0.2) is 53.8 Å². The molecule has 5 aromatic heterocycles. The zero-order chi connectivity index (χ0) is 27.1. The molecule has 5 heterocycles. The maximum absolute atomic E-state index is 11.5. The fourth-order valence-electron chi connectivity index (χ4n) is 4.85. The molecule has 2 atom stereocenters. The Morgan fingerprint density at radius 2 is 1.95 bits per heavy atom. The SMILES string of the molecule is CC(C)C(=O)CCc1nc(-c2cnccn2)no1.CCCC(C)C(CC)n1ccc2cnc3[nH]ccc3c21. The average molecular weight is 516 g/mol. The van der Waals surface area contributed by atoms with Crippen molar-refractivity contribution in [3.63, 3.8) is 0 Å². The molecular formula is C29H37N7O2. The Morgan fingerprint density at radius 3 is 2.66 bits per heavy atom. The minimum Gasteiger partial charge on any atom is -0.346 e. The number of aryl methyl sites for hydroxylation is 1. The molecule has 38 heavy (non-hydrogen) atoms. The Kier molecular flexibility index (Phi) is 8.99. The first-order valence-electron chi connectivity index (χ1n) is 13.5. The van der Waals surface area contributed by atoms with E-state index in [2.05, 4.69) is 73.7 Å². The molecule has 0 spiro atoms. The van der Waals surface area contributed by atoms with Crippen LogP contribution in [0.5, 0.6) is 0 Å². The Balaban J connectivity index is 0.000000178. The van der Waals surface area contributed by atoms with E-state index in [4.69, 9.17) is 4.52 Å². The number of nitrogens with one attached hydrogen (secondary N) is 1. The van der Waals surface area contributed by atoms with Crippen LogP contribution in [0.1, 0.15) is 72.2 Å². The van der Waals surface area contributed by atoms with Crippen molar-refractivity contribution in [3.8, 4) is 11.5 Å². The van der Waals surface area contributed by atoms with Crippen molar-refractivity contribution in [3.05, 3.63) is 55.2 Å². The van der Waals surface area contributed by atoms with Gasteiger partial charge in [-0.2, -0.15) is 4.98 Å². The van der Waals surface area contributed by atoms with Crippen molar-refractivity contribution in [2.24, 2.45) is 11.8 Å². The molecule has 0 radical (unpaired) electrons. The van der Waals surface area contributed by atoms with Gasteiger partial charge in [-0.05, 0) is 30.9 Å². The molecular weight excluding hydrogens is 478 g/mol. The van der Waals surface area contributed by atoms with Crippen molar-refractivity contribution < 1.29 is 9.32 Å². The molecule has 1 N–H and O–H groups in total. The predicted octanol–water partition coefficient (Wildman–Crippen LogP) is 6.59. The first-order chi connectivity index (χ1) is 18.4. The fourth-order valence-corrected chi connectivity index (χ4v) is 4.85. The normalized spacial score (nSPS) is 13.0. The van der Waals surface area contributed by atoms with Crippen LogP contribution in [-0.4, -0.2) is 40.4 Å². The summed E-state index contributed by atoms with van der Waals surface area (Å²) in [4.78, 5) is 31.4. The Labute approximate surface area is 223 Å². The van der Waals surface area contributed by atoms with Crippen LogP contribution in [0.2, 0.25) is 0 Å². The number of pyridine rings is 1. The van der Waals surface area contributed by atoms with Gasteiger partial charge in [0.2, 0.25) is 11.7 Å². The highest BCUT2D eigenvalue weighted by Crippen LogP contribution is 2.32. The van der Waals surface area contributed by atoms with Gasteiger partial charge >= 0.3 is 0 Å². The van der Waals surface area contributed by atoms with Crippen LogP contribution in [0.4, 0.5) is 0 Å². The monoisotopic (exact) mass is 515 g/mol. The number of hydrogen-bond acceptors (Lipinski definition) is 7. The Morgan fingerprint density at radius 1 is 1.11 bits per heavy atom. The first-order valence-corrected chi connectivity index (χ1v) is 13.5. The molecule has 0 bridgehead atoms. The van der Waals surface area contributed by atoms with Crippen LogP contribution >= 0.6 is 0 Å². The predicted molar refractivity (Wildman–Crippen MR) is 148 cm³/mol. The Bertz CT molecular complexity index is 1450. The van der Waals surface area contributed by atoms with Gasteiger partial charge in [-0.3, -0.25) is 9.78 Å². The second-order valence-electron chi connectivity index (χ2n) is 9.99. The maximum Gasteiger partial charge on any atom is 0.227 e. The molecule has 0 aliphatic heterocycles.